The summed E-state index contributed by atoms with van der Waals surface area (Å²) in [7, 11) is 0. The van der Waals surface area contributed by atoms with E-state index in [4.69, 9.17) is 4.74 Å². The number of rotatable bonds is 10. The number of hydrogen-bond donors (Lipinski definition) is 3. The van der Waals surface area contributed by atoms with Gasteiger partial charge in [-0.15, -0.1) is 5.10 Å². The fourth-order valence-corrected chi connectivity index (χ4v) is 6.72. The first-order valence-corrected chi connectivity index (χ1v) is 13.2. The van der Waals surface area contributed by atoms with Crippen molar-refractivity contribution in [1.29, 1.82) is 0 Å². The molecule has 0 radical (unpaired) electrons. The second-order valence-electron chi connectivity index (χ2n) is 10.7. The highest BCUT2D eigenvalue weighted by atomic mass is 16.5. The van der Waals surface area contributed by atoms with Crippen molar-refractivity contribution in [3.05, 3.63) is 24.3 Å². The van der Waals surface area contributed by atoms with E-state index in [1.165, 1.54) is 0 Å². The average molecular weight is 513 g/mol. The van der Waals surface area contributed by atoms with Gasteiger partial charge in [0.1, 0.15) is 23.8 Å². The minimum atomic E-state index is -1.09. The Hall–Kier alpha value is -3.05. The number of para-hydroxylation sites is 1. The van der Waals surface area contributed by atoms with Gasteiger partial charge in [0, 0.05) is 19.7 Å². The number of ether oxygens (including phenoxy) is 1. The van der Waals surface area contributed by atoms with E-state index in [-0.39, 0.29) is 36.9 Å². The molecule has 2 aromatic rings. The number of hydrogen-bond acceptors (Lipinski definition) is 7. The van der Waals surface area contributed by atoms with Crippen LogP contribution in [0.15, 0.2) is 24.3 Å². The minimum absolute atomic E-state index is 0.000488. The number of aliphatic hydroxyl groups is 1. The summed E-state index contributed by atoms with van der Waals surface area (Å²) in [5, 5.41) is 23.5. The first-order valence-electron chi connectivity index (χ1n) is 13.2. The summed E-state index contributed by atoms with van der Waals surface area (Å²) < 4.78 is 8.28. The van der Waals surface area contributed by atoms with Gasteiger partial charge in [-0.3, -0.25) is 14.4 Å². The number of nitrogens with one attached hydrogen (secondary N) is 2. The lowest BCUT2D eigenvalue weighted by molar-refractivity contribution is -0.147. The number of carbonyl (C=O) groups is 3. The fourth-order valence-electron chi connectivity index (χ4n) is 6.72. The van der Waals surface area contributed by atoms with Crippen LogP contribution in [-0.4, -0.2) is 79.7 Å². The van der Waals surface area contributed by atoms with Crippen LogP contribution in [0.1, 0.15) is 46.5 Å². The molecule has 1 spiro atoms. The van der Waals surface area contributed by atoms with Crippen LogP contribution < -0.4 is 10.6 Å². The first-order chi connectivity index (χ1) is 17.8. The Morgan fingerprint density at radius 3 is 2.76 bits per heavy atom. The van der Waals surface area contributed by atoms with Gasteiger partial charge in [0.25, 0.3) is 0 Å². The molecular formula is C26H36N6O5. The van der Waals surface area contributed by atoms with Crippen molar-refractivity contribution in [2.45, 2.75) is 70.4 Å². The van der Waals surface area contributed by atoms with Crippen LogP contribution in [0.2, 0.25) is 0 Å². The molecule has 0 aliphatic carbocycles. The SMILES string of the molecule is CCCNC(=O)[C@H]1[C@H]2C(=O)N(CCCCO)C(C(=O)NCn3nnc4ccccc43)C23CC(C)[C@]1(C)O3. The molecule has 3 fully saturated rings. The van der Waals surface area contributed by atoms with E-state index in [0.717, 1.165) is 17.5 Å². The van der Waals surface area contributed by atoms with Crippen molar-refractivity contribution in [2.24, 2.45) is 17.8 Å². The van der Waals surface area contributed by atoms with E-state index in [1.54, 1.807) is 9.58 Å². The van der Waals surface area contributed by atoms with Gasteiger partial charge in [-0.05, 0) is 50.7 Å². The van der Waals surface area contributed by atoms with Gasteiger partial charge >= 0.3 is 0 Å². The molecule has 4 heterocycles. The maximum Gasteiger partial charge on any atom is 0.247 e. The number of carbonyl (C=O) groups excluding carboxylic acids is 3. The quantitative estimate of drug-likeness (QED) is 0.401. The molecule has 6 atom stereocenters. The molecule has 0 saturated carbocycles. The summed E-state index contributed by atoms with van der Waals surface area (Å²) in [6.07, 6.45) is 2.35. The number of aliphatic hydroxyl groups excluding tert-OH is 1. The van der Waals surface area contributed by atoms with Crippen LogP contribution in [-0.2, 0) is 25.8 Å². The molecule has 1 aromatic carbocycles. The summed E-state index contributed by atoms with van der Waals surface area (Å²) >= 11 is 0. The second kappa shape index (κ2) is 9.68. The minimum Gasteiger partial charge on any atom is -0.396 e. The lowest BCUT2D eigenvalue weighted by atomic mass is 9.62. The largest absolute Gasteiger partial charge is 0.396 e. The normalized spacial score (nSPS) is 32.2. The molecule has 3 aliphatic rings. The molecule has 3 amide bonds. The zero-order valence-corrected chi connectivity index (χ0v) is 21.6. The van der Waals surface area contributed by atoms with Crippen LogP contribution in [0.5, 0.6) is 0 Å². The monoisotopic (exact) mass is 512 g/mol. The number of fused-ring (bicyclic) bond motifs is 2. The van der Waals surface area contributed by atoms with Crippen LogP contribution >= 0.6 is 0 Å². The Labute approximate surface area is 215 Å². The molecule has 3 unspecified atom stereocenters. The Morgan fingerprint density at radius 2 is 2.00 bits per heavy atom. The summed E-state index contributed by atoms with van der Waals surface area (Å²) in [4.78, 5) is 42.7. The third-order valence-electron chi connectivity index (χ3n) is 8.53. The lowest BCUT2D eigenvalue weighted by Gasteiger charge is -2.36. The van der Waals surface area contributed by atoms with E-state index in [2.05, 4.69) is 20.9 Å². The van der Waals surface area contributed by atoms with E-state index >= 15 is 0 Å². The predicted octanol–water partition coefficient (Wildman–Crippen LogP) is 0.814. The van der Waals surface area contributed by atoms with Gasteiger partial charge in [-0.1, -0.05) is 31.2 Å². The summed E-state index contributed by atoms with van der Waals surface area (Å²) in [6.45, 7) is 6.82. The number of amides is 3. The van der Waals surface area contributed by atoms with E-state index in [9.17, 15) is 19.5 Å². The number of unbranched alkanes of at least 4 members (excludes halogenated alkanes) is 1. The third kappa shape index (κ3) is 3.90. The number of likely N-dealkylation sites (tertiary alicyclic amines) is 1. The summed E-state index contributed by atoms with van der Waals surface area (Å²) in [5.74, 6) is -2.18. The maximum absolute atomic E-state index is 13.9. The molecule has 3 N–H and O–H groups in total. The predicted molar refractivity (Wildman–Crippen MR) is 134 cm³/mol. The molecule has 3 saturated heterocycles. The zero-order valence-electron chi connectivity index (χ0n) is 21.6. The van der Waals surface area contributed by atoms with E-state index < -0.39 is 29.1 Å². The van der Waals surface area contributed by atoms with E-state index in [0.29, 0.717) is 32.4 Å². The lowest BCUT2D eigenvalue weighted by Crippen LogP contribution is -2.56. The highest BCUT2D eigenvalue weighted by molar-refractivity contribution is 5.99. The Bertz CT molecular complexity index is 1200. The maximum atomic E-state index is 13.9. The highest BCUT2D eigenvalue weighted by Crippen LogP contribution is 2.65. The molecule has 200 valence electrons. The fraction of sp³-hybridized carbons (Fsp3) is 0.654. The standard InChI is InChI=1S/C26H36N6O5/c1-4-11-27-22(34)19-20-24(36)31(12-7-8-13-33)21(26(20)14-16(2)25(19,3)37-26)23(35)28-15-32-18-10-6-5-9-17(18)29-30-32/h5-6,9-10,16,19-21,33H,4,7-8,11-15H2,1-3H3,(H,27,34)(H,28,35)/t16?,19-,20+,21?,25+,26?/m1/s1. The van der Waals surface area contributed by atoms with E-state index in [1.807, 2.05) is 45.0 Å². The molecule has 3 aliphatic heterocycles. The van der Waals surface area contributed by atoms with Crippen molar-refractivity contribution in [2.75, 3.05) is 19.7 Å². The molecular weight excluding hydrogens is 476 g/mol. The van der Waals surface area contributed by atoms with Crippen LogP contribution in [0, 0.1) is 17.8 Å². The summed E-state index contributed by atoms with van der Waals surface area (Å²) in [5.41, 5.74) is -0.422. The Morgan fingerprint density at radius 1 is 1.22 bits per heavy atom. The van der Waals surface area contributed by atoms with Gasteiger partial charge < -0.3 is 25.4 Å². The smallest absolute Gasteiger partial charge is 0.247 e. The molecule has 2 bridgehead atoms. The van der Waals surface area contributed by atoms with Crippen LogP contribution in [0.25, 0.3) is 11.0 Å². The van der Waals surface area contributed by atoms with Gasteiger partial charge in [-0.25, -0.2) is 4.68 Å². The molecule has 37 heavy (non-hydrogen) atoms. The first kappa shape index (κ1) is 25.6. The number of benzene rings is 1. The number of nitrogens with zero attached hydrogens (tertiary/aromatic N) is 4. The Balaban J connectivity index is 1.46. The van der Waals surface area contributed by atoms with Crippen molar-refractivity contribution in [1.82, 2.24) is 30.5 Å². The van der Waals surface area contributed by atoms with Crippen LogP contribution in [0.4, 0.5) is 0 Å². The molecule has 5 rings (SSSR count). The molecule has 11 nitrogen and oxygen atoms in total. The summed E-state index contributed by atoms with van der Waals surface area (Å²) in [6, 6.07) is 6.59. The van der Waals surface area contributed by atoms with Gasteiger partial charge in [0.2, 0.25) is 17.7 Å². The van der Waals surface area contributed by atoms with Crippen molar-refractivity contribution >= 4 is 28.8 Å². The van der Waals surface area contributed by atoms with Gasteiger partial charge in [0.15, 0.2) is 0 Å². The topological polar surface area (TPSA) is 139 Å². The average Bonchev–Trinajstić information content (AvgIpc) is 3.55. The Kier molecular flexibility index (Phi) is 6.70. The highest BCUT2D eigenvalue weighted by Gasteiger charge is 2.79. The van der Waals surface area contributed by atoms with Crippen molar-refractivity contribution < 1.29 is 24.2 Å². The molecule has 1 aromatic heterocycles. The van der Waals surface area contributed by atoms with Crippen molar-refractivity contribution in [3.8, 4) is 0 Å². The second-order valence-corrected chi connectivity index (χ2v) is 10.7. The van der Waals surface area contributed by atoms with Gasteiger partial charge in [0.05, 0.1) is 23.0 Å². The van der Waals surface area contributed by atoms with Gasteiger partial charge in [-0.2, -0.15) is 0 Å². The third-order valence-corrected chi connectivity index (χ3v) is 8.53. The molecule has 11 heteroatoms. The van der Waals surface area contributed by atoms with Crippen molar-refractivity contribution in [3.63, 3.8) is 0 Å². The number of aromatic nitrogens is 3. The van der Waals surface area contributed by atoms with Crippen LogP contribution in [0.3, 0.4) is 0 Å². The zero-order chi connectivity index (χ0) is 26.4.